The minimum atomic E-state index is -4.71. The maximum atomic E-state index is 13.4. The molecular weight excluding hydrogens is 435 g/mol. The number of amides is 3. The number of aryl methyl sites for hydroxylation is 1. The van der Waals surface area contributed by atoms with Crippen LogP contribution < -0.4 is 15.5 Å². The number of benzene rings is 2. The number of urea groups is 1. The zero-order valence-electron chi connectivity index (χ0n) is 18.5. The number of nitrogens with zero attached hydrogens (tertiary/aromatic N) is 3. The van der Waals surface area contributed by atoms with Crippen molar-refractivity contribution in [3.8, 4) is 6.07 Å². The number of carbonyl (C=O) groups excluding carboxylic acids is 2. The lowest BCUT2D eigenvalue weighted by molar-refractivity contribution is -0.137. The smallest absolute Gasteiger partial charge is 0.357 e. The molecule has 1 atom stereocenters. The van der Waals surface area contributed by atoms with Crippen molar-refractivity contribution in [1.82, 2.24) is 10.2 Å². The van der Waals surface area contributed by atoms with Gasteiger partial charge in [-0.3, -0.25) is 4.79 Å². The number of anilines is 2. The van der Waals surface area contributed by atoms with Gasteiger partial charge in [-0.25, -0.2) is 4.79 Å². The Labute approximate surface area is 189 Å². The molecule has 0 bridgehead atoms. The standard InChI is InChI=1S/C23H24F3N5O2/c1-14-5-4-6-19(15(14)2)29-22(33)30-9-10-31(20(13-30)21(32)28-3)17-8-7-16(12-27)18(11-17)23(24,25)26/h4-8,11,20H,9-10,13H2,1-3H3,(H,28,32)(H,29,33). The topological polar surface area (TPSA) is 88.5 Å². The monoisotopic (exact) mass is 459 g/mol. The molecule has 1 aliphatic rings. The number of nitrogens with one attached hydrogen (secondary N) is 2. The molecule has 0 radical (unpaired) electrons. The van der Waals surface area contributed by atoms with E-state index in [-0.39, 0.29) is 25.3 Å². The Hall–Kier alpha value is -3.74. The maximum Gasteiger partial charge on any atom is 0.417 e. The maximum absolute atomic E-state index is 13.4. The normalized spacial score (nSPS) is 16.2. The fourth-order valence-electron chi connectivity index (χ4n) is 3.79. The number of hydrogen-bond donors (Lipinski definition) is 2. The average molecular weight is 459 g/mol. The number of piperazine rings is 1. The van der Waals surface area contributed by atoms with Gasteiger partial charge in [0.1, 0.15) is 6.04 Å². The van der Waals surface area contributed by atoms with Gasteiger partial charge in [0.2, 0.25) is 5.91 Å². The van der Waals surface area contributed by atoms with E-state index in [0.717, 1.165) is 23.3 Å². The molecule has 1 aliphatic heterocycles. The molecule has 174 valence electrons. The van der Waals surface area contributed by atoms with Crippen LogP contribution in [0.5, 0.6) is 0 Å². The molecular formula is C23H24F3N5O2. The van der Waals surface area contributed by atoms with Crippen molar-refractivity contribution in [3.63, 3.8) is 0 Å². The van der Waals surface area contributed by atoms with Crippen LogP contribution in [0.2, 0.25) is 0 Å². The van der Waals surface area contributed by atoms with Gasteiger partial charge in [0.25, 0.3) is 0 Å². The van der Waals surface area contributed by atoms with Crippen molar-refractivity contribution in [3.05, 3.63) is 58.7 Å². The van der Waals surface area contributed by atoms with Crippen LogP contribution in [0, 0.1) is 25.2 Å². The summed E-state index contributed by atoms with van der Waals surface area (Å²) < 4.78 is 40.3. The molecule has 3 rings (SSSR count). The first-order valence-corrected chi connectivity index (χ1v) is 10.3. The molecule has 10 heteroatoms. The predicted molar refractivity (Wildman–Crippen MR) is 118 cm³/mol. The van der Waals surface area contributed by atoms with E-state index >= 15 is 0 Å². The summed E-state index contributed by atoms with van der Waals surface area (Å²) in [5, 5.41) is 14.4. The van der Waals surface area contributed by atoms with Crippen molar-refractivity contribution in [2.45, 2.75) is 26.1 Å². The number of halogens is 3. The average Bonchev–Trinajstić information content (AvgIpc) is 2.80. The van der Waals surface area contributed by atoms with Gasteiger partial charge in [0, 0.05) is 31.5 Å². The molecule has 0 saturated carbocycles. The van der Waals surface area contributed by atoms with Crippen LogP contribution in [-0.4, -0.2) is 49.6 Å². The van der Waals surface area contributed by atoms with Crippen molar-refractivity contribution in [2.75, 3.05) is 36.9 Å². The van der Waals surface area contributed by atoms with E-state index in [0.29, 0.717) is 5.69 Å². The summed E-state index contributed by atoms with van der Waals surface area (Å²) in [6.07, 6.45) is -4.71. The zero-order chi connectivity index (χ0) is 24.3. The largest absolute Gasteiger partial charge is 0.417 e. The van der Waals surface area contributed by atoms with Crippen LogP contribution in [0.3, 0.4) is 0 Å². The molecule has 0 spiro atoms. The predicted octanol–water partition coefficient (Wildman–Crippen LogP) is 3.66. The Morgan fingerprint density at radius 2 is 1.88 bits per heavy atom. The summed E-state index contributed by atoms with van der Waals surface area (Å²) in [6.45, 7) is 4.14. The van der Waals surface area contributed by atoms with Gasteiger partial charge in [-0.05, 0) is 49.2 Å². The van der Waals surface area contributed by atoms with Crippen LogP contribution >= 0.6 is 0 Å². The summed E-state index contributed by atoms with van der Waals surface area (Å²) in [5.74, 6) is -0.433. The van der Waals surface area contributed by atoms with E-state index in [1.165, 1.54) is 22.9 Å². The van der Waals surface area contributed by atoms with Gasteiger partial charge < -0.3 is 20.4 Å². The van der Waals surface area contributed by atoms with Crippen LogP contribution in [0.4, 0.5) is 29.3 Å². The molecule has 1 heterocycles. The number of carbonyl (C=O) groups is 2. The quantitative estimate of drug-likeness (QED) is 0.733. The lowest BCUT2D eigenvalue weighted by atomic mass is 10.0. The Morgan fingerprint density at radius 1 is 1.15 bits per heavy atom. The molecule has 2 aromatic carbocycles. The highest BCUT2D eigenvalue weighted by molar-refractivity contribution is 5.92. The third-order valence-electron chi connectivity index (χ3n) is 5.82. The van der Waals surface area contributed by atoms with Gasteiger partial charge in [0.05, 0.1) is 23.7 Å². The Kier molecular flexibility index (Phi) is 6.81. The first-order valence-electron chi connectivity index (χ1n) is 10.3. The lowest BCUT2D eigenvalue weighted by Crippen LogP contribution is -2.60. The summed E-state index contributed by atoms with van der Waals surface area (Å²) in [4.78, 5) is 28.5. The van der Waals surface area contributed by atoms with Gasteiger partial charge in [-0.15, -0.1) is 0 Å². The van der Waals surface area contributed by atoms with Crippen molar-refractivity contribution >= 4 is 23.3 Å². The van der Waals surface area contributed by atoms with Crippen LogP contribution in [0.25, 0.3) is 0 Å². The highest BCUT2D eigenvalue weighted by atomic mass is 19.4. The van der Waals surface area contributed by atoms with E-state index in [9.17, 15) is 22.8 Å². The number of likely N-dealkylation sites (N-methyl/N-ethyl adjacent to an activating group) is 1. The highest BCUT2D eigenvalue weighted by Gasteiger charge is 2.37. The first kappa shape index (κ1) is 23.9. The minimum absolute atomic E-state index is 0.0161. The van der Waals surface area contributed by atoms with E-state index in [1.807, 2.05) is 26.0 Å². The fourth-order valence-corrected chi connectivity index (χ4v) is 3.79. The third kappa shape index (κ3) is 5.03. The molecule has 1 saturated heterocycles. The van der Waals surface area contributed by atoms with Gasteiger partial charge in [-0.2, -0.15) is 18.4 Å². The van der Waals surface area contributed by atoms with Crippen molar-refractivity contribution in [1.29, 1.82) is 5.26 Å². The molecule has 2 aromatic rings. The molecule has 0 aromatic heterocycles. The molecule has 7 nitrogen and oxygen atoms in total. The second-order valence-corrected chi connectivity index (χ2v) is 7.79. The first-order chi connectivity index (χ1) is 15.6. The SMILES string of the molecule is CNC(=O)C1CN(C(=O)Nc2cccc(C)c2C)CCN1c1ccc(C#N)c(C(F)(F)F)c1. The van der Waals surface area contributed by atoms with Crippen molar-refractivity contribution < 1.29 is 22.8 Å². The Bertz CT molecular complexity index is 1110. The van der Waals surface area contributed by atoms with Gasteiger partial charge in [-0.1, -0.05) is 12.1 Å². The summed E-state index contributed by atoms with van der Waals surface area (Å²) >= 11 is 0. The second-order valence-electron chi connectivity index (χ2n) is 7.79. The molecule has 3 amide bonds. The van der Waals surface area contributed by atoms with E-state index in [4.69, 9.17) is 5.26 Å². The Balaban J connectivity index is 1.86. The highest BCUT2D eigenvalue weighted by Crippen LogP contribution is 2.35. The van der Waals surface area contributed by atoms with E-state index in [1.54, 1.807) is 12.1 Å². The van der Waals surface area contributed by atoms with Crippen LogP contribution in [0.1, 0.15) is 22.3 Å². The van der Waals surface area contributed by atoms with Crippen LogP contribution in [0.15, 0.2) is 36.4 Å². The molecule has 2 N–H and O–H groups in total. The molecule has 1 unspecified atom stereocenters. The van der Waals surface area contributed by atoms with Gasteiger partial charge >= 0.3 is 12.2 Å². The zero-order valence-corrected chi connectivity index (χ0v) is 18.5. The number of rotatable bonds is 3. The number of alkyl halides is 3. The molecule has 1 fully saturated rings. The van der Waals surface area contributed by atoms with Crippen molar-refractivity contribution in [2.24, 2.45) is 0 Å². The summed E-state index contributed by atoms with van der Waals surface area (Å²) in [5.41, 5.74) is 1.19. The Morgan fingerprint density at radius 3 is 2.52 bits per heavy atom. The minimum Gasteiger partial charge on any atom is -0.357 e. The van der Waals surface area contributed by atoms with Crippen LogP contribution in [-0.2, 0) is 11.0 Å². The number of nitriles is 1. The molecule has 33 heavy (non-hydrogen) atoms. The summed E-state index contributed by atoms with van der Waals surface area (Å²) in [6, 6.07) is 9.15. The second kappa shape index (κ2) is 9.40. The lowest BCUT2D eigenvalue weighted by Gasteiger charge is -2.41. The third-order valence-corrected chi connectivity index (χ3v) is 5.82. The van der Waals surface area contributed by atoms with E-state index in [2.05, 4.69) is 10.6 Å². The fraction of sp³-hybridized carbons (Fsp3) is 0.348. The number of hydrogen-bond acceptors (Lipinski definition) is 4. The van der Waals surface area contributed by atoms with Gasteiger partial charge in [0.15, 0.2) is 0 Å². The van der Waals surface area contributed by atoms with E-state index < -0.39 is 35.3 Å². The molecule has 0 aliphatic carbocycles. The summed E-state index contributed by atoms with van der Waals surface area (Å²) in [7, 11) is 1.43.